The van der Waals surface area contributed by atoms with Gasteiger partial charge in [-0.3, -0.25) is 0 Å². The van der Waals surface area contributed by atoms with Gasteiger partial charge in [0, 0.05) is 42.5 Å². The number of ether oxygens (including phenoxy) is 3. The predicted molar refractivity (Wildman–Crippen MR) is 232 cm³/mol. The van der Waals surface area contributed by atoms with Gasteiger partial charge in [0.2, 0.25) is 10.0 Å². The van der Waals surface area contributed by atoms with Crippen molar-refractivity contribution in [3.8, 4) is 17.2 Å². The summed E-state index contributed by atoms with van der Waals surface area (Å²) in [7, 11) is -0.819. The number of rotatable bonds is 15. The molecule has 6 rings (SSSR count). The van der Waals surface area contributed by atoms with E-state index < -0.39 is 26.1 Å². The third-order valence-corrected chi connectivity index (χ3v) is 14.4. The van der Waals surface area contributed by atoms with E-state index in [4.69, 9.17) is 25.8 Å². The van der Waals surface area contributed by atoms with E-state index in [1.165, 1.54) is 15.4 Å². The molecule has 9 nitrogen and oxygen atoms in total. The van der Waals surface area contributed by atoms with Gasteiger partial charge in [-0.25, -0.2) is 8.42 Å². The van der Waals surface area contributed by atoms with Crippen molar-refractivity contribution in [1.82, 2.24) is 4.31 Å². The Hall–Kier alpha value is -3.74. The van der Waals surface area contributed by atoms with Crippen LogP contribution in [0.4, 0.5) is 5.69 Å². The summed E-state index contributed by atoms with van der Waals surface area (Å²) in [6.07, 6.45) is 7.36. The van der Waals surface area contributed by atoms with Gasteiger partial charge < -0.3 is 23.7 Å². The molecule has 1 heterocycles. The van der Waals surface area contributed by atoms with E-state index in [1.54, 1.807) is 26.4 Å². The number of methoxy groups -OCH3 is 2. The lowest BCUT2D eigenvalue weighted by Crippen LogP contribution is -2.46. The first-order valence-corrected chi connectivity index (χ1v) is 22.7. The summed E-state index contributed by atoms with van der Waals surface area (Å²) in [6, 6.07) is 26.4. The Bertz CT molecular complexity index is 2060. The van der Waals surface area contributed by atoms with Crippen molar-refractivity contribution >= 4 is 44.9 Å². The van der Waals surface area contributed by atoms with Crippen molar-refractivity contribution in [2.75, 3.05) is 38.8 Å². The van der Waals surface area contributed by atoms with Crippen LogP contribution < -0.4 is 19.1 Å². The van der Waals surface area contributed by atoms with Crippen LogP contribution in [0.15, 0.2) is 94.2 Å². The van der Waals surface area contributed by atoms with Crippen molar-refractivity contribution in [2.24, 2.45) is 10.3 Å². The van der Waals surface area contributed by atoms with Crippen molar-refractivity contribution in [1.29, 1.82) is 0 Å². The van der Waals surface area contributed by atoms with E-state index >= 15 is 0 Å². The monoisotopic (exact) mass is 833 g/mol. The Morgan fingerprint density at radius 3 is 2.21 bits per heavy atom. The molecular weight excluding hydrogens is 778 g/mol. The normalized spacial score (nSPS) is 18.2. The summed E-state index contributed by atoms with van der Waals surface area (Å²) in [4.78, 5) is 2.51. The molecule has 306 valence electrons. The molecule has 0 fully saturated rings. The molecule has 1 unspecified atom stereocenters. The minimum Gasteiger partial charge on any atom is -0.591 e. The summed E-state index contributed by atoms with van der Waals surface area (Å²) in [6.45, 7) is 9.99. The Morgan fingerprint density at radius 2 is 1.61 bits per heavy atom. The van der Waals surface area contributed by atoms with Gasteiger partial charge in [0.15, 0.2) is 0 Å². The number of nitrogens with zero attached hydrogens (tertiary/aromatic N) is 3. The van der Waals surface area contributed by atoms with E-state index in [9.17, 15) is 13.0 Å². The average molecular weight is 835 g/mol. The molecule has 3 atom stereocenters. The molecule has 0 saturated carbocycles. The van der Waals surface area contributed by atoms with Crippen molar-refractivity contribution in [3.05, 3.63) is 112 Å². The van der Waals surface area contributed by atoms with Gasteiger partial charge in [0.05, 0.1) is 37.6 Å². The highest BCUT2D eigenvalue weighted by atomic mass is 35.5. The number of aryl methyl sites for hydroxylation is 1. The first-order valence-electron chi connectivity index (χ1n) is 19.8. The molecule has 4 aromatic rings. The van der Waals surface area contributed by atoms with Crippen LogP contribution in [0.5, 0.6) is 17.2 Å². The fourth-order valence-corrected chi connectivity index (χ4v) is 10.1. The minimum atomic E-state index is -4.04. The number of hydrogen-bond acceptors (Lipinski definition) is 8. The molecule has 1 spiro atoms. The average Bonchev–Trinajstić information content (AvgIpc) is 3.35. The molecule has 1 aliphatic heterocycles. The SMILES string of the molecule is CCC[C@@H](/C=N/[S+]([O-])C(C)(C)C)CCN1C[C@@]2(CCCc3cc(Cl)ccc32)COc2ccc(S(=O)(=O)N(Cc3ccc(OC)cc3)Cc3ccc(OC)cc3)cc21. The maximum absolute atomic E-state index is 14.9. The Kier molecular flexibility index (Phi) is 13.9. The lowest BCUT2D eigenvalue weighted by Gasteiger charge is -2.41. The lowest BCUT2D eigenvalue weighted by molar-refractivity contribution is 0.206. The quantitative estimate of drug-likeness (QED) is 0.0869. The summed E-state index contributed by atoms with van der Waals surface area (Å²) in [5, 5.41) is 0.721. The van der Waals surface area contributed by atoms with E-state index in [1.807, 2.05) is 87.6 Å². The lowest BCUT2D eigenvalue weighted by atomic mass is 9.70. The van der Waals surface area contributed by atoms with Crippen molar-refractivity contribution in [2.45, 2.75) is 94.4 Å². The fraction of sp³-hybridized carbons (Fsp3) is 0.444. The Morgan fingerprint density at radius 1 is 0.965 bits per heavy atom. The zero-order valence-corrected chi connectivity index (χ0v) is 36.4. The second-order valence-electron chi connectivity index (χ2n) is 16.2. The first-order chi connectivity index (χ1) is 27.2. The van der Waals surface area contributed by atoms with Crippen LogP contribution in [-0.4, -0.2) is 62.2 Å². The highest BCUT2D eigenvalue weighted by Crippen LogP contribution is 2.45. The Balaban J connectivity index is 1.39. The smallest absolute Gasteiger partial charge is 0.243 e. The molecular formula is C45H56ClN3O6S2. The third-order valence-electron chi connectivity index (χ3n) is 11.0. The van der Waals surface area contributed by atoms with Gasteiger partial charge in [0.1, 0.15) is 33.4 Å². The van der Waals surface area contributed by atoms with E-state index in [0.717, 1.165) is 60.4 Å². The van der Waals surface area contributed by atoms with Crippen molar-refractivity contribution in [3.63, 3.8) is 0 Å². The van der Waals surface area contributed by atoms with Gasteiger partial charge >= 0.3 is 0 Å². The molecule has 0 aromatic heterocycles. The molecule has 0 radical (unpaired) electrons. The molecule has 1 aliphatic carbocycles. The molecule has 0 N–H and O–H groups in total. The van der Waals surface area contributed by atoms with Gasteiger partial charge in [0.25, 0.3) is 0 Å². The highest BCUT2D eigenvalue weighted by molar-refractivity contribution is 7.91. The fourth-order valence-electron chi connectivity index (χ4n) is 7.82. The van der Waals surface area contributed by atoms with Crippen LogP contribution in [-0.2, 0) is 46.3 Å². The van der Waals surface area contributed by atoms with Crippen LogP contribution in [0.1, 0.15) is 82.1 Å². The standard InChI is InChI=1S/C45H56ClN3O6S2/c1-7-9-33(28-47-56(50)44(2,3)4)23-25-48-31-45(24-8-10-36-26-37(46)15-21-41(36)45)32-55-43-22-20-40(27-42(43)48)57(51,52)49(29-34-11-16-38(53-5)17-12-34)30-35-13-18-39(54-6)19-14-35/h11-22,26-28,33H,7-10,23-25,29-32H2,1-6H3/b47-28+/t33-,45+,56?/m1/s1. The number of sulfonamides is 1. The number of halogens is 1. The molecule has 0 saturated heterocycles. The van der Waals surface area contributed by atoms with Gasteiger partial charge in [-0.15, -0.1) is 0 Å². The van der Waals surface area contributed by atoms with E-state index in [-0.39, 0.29) is 29.3 Å². The predicted octanol–water partition coefficient (Wildman–Crippen LogP) is 9.56. The number of fused-ring (bicyclic) bond motifs is 3. The largest absolute Gasteiger partial charge is 0.591 e. The zero-order chi connectivity index (χ0) is 40.8. The maximum Gasteiger partial charge on any atom is 0.243 e. The van der Waals surface area contributed by atoms with Gasteiger partial charge in [-0.1, -0.05) is 59.7 Å². The summed E-state index contributed by atoms with van der Waals surface area (Å²) in [5.74, 6) is 2.15. The van der Waals surface area contributed by atoms with Crippen molar-refractivity contribution < 1.29 is 27.2 Å². The summed E-state index contributed by atoms with van der Waals surface area (Å²) >= 11 is 5.14. The maximum atomic E-state index is 14.9. The highest BCUT2D eigenvalue weighted by Gasteiger charge is 2.42. The minimum absolute atomic E-state index is 0.0960. The summed E-state index contributed by atoms with van der Waals surface area (Å²) < 4.78 is 65.7. The molecule has 4 aromatic carbocycles. The van der Waals surface area contributed by atoms with E-state index in [2.05, 4.69) is 28.4 Å². The van der Waals surface area contributed by atoms with Crippen LogP contribution in [0.3, 0.4) is 0 Å². The van der Waals surface area contributed by atoms with Crippen LogP contribution in [0, 0.1) is 5.92 Å². The second-order valence-corrected chi connectivity index (χ2v) is 20.5. The third kappa shape index (κ3) is 10.3. The summed E-state index contributed by atoms with van der Waals surface area (Å²) in [5.41, 5.74) is 4.56. The number of benzene rings is 4. The van der Waals surface area contributed by atoms with Crippen LogP contribution >= 0.6 is 11.6 Å². The molecule has 0 amide bonds. The zero-order valence-electron chi connectivity index (χ0n) is 34.0. The van der Waals surface area contributed by atoms with Gasteiger partial charge in [-0.05, 0) is 130 Å². The molecule has 2 aliphatic rings. The topological polar surface area (TPSA) is 104 Å². The van der Waals surface area contributed by atoms with E-state index in [0.29, 0.717) is 36.9 Å². The first kappa shape index (κ1) is 42.9. The Labute approximate surface area is 347 Å². The number of hydrogen-bond donors (Lipinski definition) is 0. The van der Waals surface area contributed by atoms with Crippen LogP contribution in [0.25, 0.3) is 0 Å². The molecule has 57 heavy (non-hydrogen) atoms. The van der Waals surface area contributed by atoms with Crippen LogP contribution in [0.2, 0.25) is 5.02 Å². The molecule has 12 heteroatoms. The second kappa shape index (κ2) is 18.5. The number of anilines is 1. The van der Waals surface area contributed by atoms with Gasteiger partial charge in [-0.2, -0.15) is 4.31 Å². The molecule has 0 bridgehead atoms.